The van der Waals surface area contributed by atoms with Gasteiger partial charge in [0.25, 0.3) is 0 Å². The van der Waals surface area contributed by atoms with Gasteiger partial charge < -0.3 is 15.2 Å². The smallest absolute Gasteiger partial charge is 0.360 e. The molecule has 6 heteroatoms. The fraction of sp³-hybridized carbons (Fsp3) is 0.786. The average Bonchev–Trinajstić information content (AvgIpc) is 2.43. The predicted molar refractivity (Wildman–Crippen MR) is 72.0 cm³/mol. The van der Waals surface area contributed by atoms with Crippen LogP contribution in [0.5, 0.6) is 0 Å². The molecule has 110 valence electrons. The summed E-state index contributed by atoms with van der Waals surface area (Å²) < 4.78 is 5.98. The van der Waals surface area contributed by atoms with Crippen LogP contribution in [0.1, 0.15) is 46.0 Å². The van der Waals surface area contributed by atoms with E-state index in [1.165, 1.54) is 6.92 Å². The minimum absolute atomic E-state index is 0.207. The standard InChI is InChI=1S/C14H21N3O3/c1-10-8-17(13(19)12(16-15)11(2)18)14(20-9-10)6-4-3-5-7-14/h10H,3-9H2,1-2H3. The average molecular weight is 279 g/mol. The molecule has 1 amide bonds. The van der Waals surface area contributed by atoms with Crippen molar-refractivity contribution < 1.29 is 19.1 Å². The van der Waals surface area contributed by atoms with Gasteiger partial charge in [-0.1, -0.05) is 13.3 Å². The van der Waals surface area contributed by atoms with Crippen molar-refractivity contribution in [2.75, 3.05) is 13.2 Å². The molecule has 0 bridgehead atoms. The Balaban J connectivity index is 2.30. The Bertz CT molecular complexity index is 462. The predicted octanol–water partition coefficient (Wildman–Crippen LogP) is 1.40. The first-order valence-corrected chi connectivity index (χ1v) is 7.19. The zero-order valence-electron chi connectivity index (χ0n) is 12.1. The quantitative estimate of drug-likeness (QED) is 0.331. The lowest BCUT2D eigenvalue weighted by atomic mass is 9.87. The molecule has 1 aliphatic carbocycles. The summed E-state index contributed by atoms with van der Waals surface area (Å²) in [5.41, 5.74) is 7.90. The van der Waals surface area contributed by atoms with Crippen molar-refractivity contribution in [3.8, 4) is 0 Å². The summed E-state index contributed by atoms with van der Waals surface area (Å²) in [4.78, 5) is 28.5. The molecule has 6 nitrogen and oxygen atoms in total. The van der Waals surface area contributed by atoms with Gasteiger partial charge >= 0.3 is 11.6 Å². The third kappa shape index (κ3) is 2.67. The van der Waals surface area contributed by atoms with Gasteiger partial charge in [-0.2, -0.15) is 4.79 Å². The highest BCUT2D eigenvalue weighted by molar-refractivity contribution is 6.63. The van der Waals surface area contributed by atoms with Crippen molar-refractivity contribution in [2.45, 2.75) is 51.7 Å². The van der Waals surface area contributed by atoms with Gasteiger partial charge in [-0.15, -0.1) is 0 Å². The first-order chi connectivity index (χ1) is 9.50. The van der Waals surface area contributed by atoms with E-state index >= 15 is 0 Å². The maximum Gasteiger partial charge on any atom is 0.421 e. The molecule has 0 N–H and O–H groups in total. The van der Waals surface area contributed by atoms with E-state index in [0.717, 1.165) is 32.1 Å². The van der Waals surface area contributed by atoms with Crippen LogP contribution in [0, 0.1) is 5.92 Å². The summed E-state index contributed by atoms with van der Waals surface area (Å²) in [5.74, 6) is -0.839. The molecular formula is C14H21N3O3. The number of rotatable bonds is 2. The van der Waals surface area contributed by atoms with Crippen LogP contribution in [-0.4, -0.2) is 46.0 Å². The third-order valence-corrected chi connectivity index (χ3v) is 4.14. The molecule has 20 heavy (non-hydrogen) atoms. The molecule has 0 radical (unpaired) electrons. The normalized spacial score (nSPS) is 25.1. The maximum absolute atomic E-state index is 12.5. The van der Waals surface area contributed by atoms with E-state index in [4.69, 9.17) is 10.3 Å². The lowest BCUT2D eigenvalue weighted by molar-refractivity contribution is -0.215. The number of hydrogen-bond donors (Lipinski definition) is 0. The monoisotopic (exact) mass is 279 g/mol. The van der Waals surface area contributed by atoms with E-state index in [9.17, 15) is 9.59 Å². The number of carbonyl (C=O) groups excluding carboxylic acids is 2. The minimum Gasteiger partial charge on any atom is -0.360 e. The van der Waals surface area contributed by atoms with Crippen LogP contribution >= 0.6 is 0 Å². The molecule has 0 aromatic heterocycles. The first kappa shape index (κ1) is 14.9. The molecule has 0 aromatic rings. The van der Waals surface area contributed by atoms with Crippen LogP contribution in [0.25, 0.3) is 5.53 Å². The van der Waals surface area contributed by atoms with Crippen molar-refractivity contribution in [3.05, 3.63) is 5.53 Å². The summed E-state index contributed by atoms with van der Waals surface area (Å²) in [5, 5.41) is 0. The molecule has 0 aromatic carbocycles. The van der Waals surface area contributed by atoms with Crippen molar-refractivity contribution in [2.24, 2.45) is 5.92 Å². The number of amides is 1. The van der Waals surface area contributed by atoms with E-state index in [0.29, 0.717) is 13.2 Å². The van der Waals surface area contributed by atoms with Crippen LogP contribution in [-0.2, 0) is 14.3 Å². The lowest BCUT2D eigenvalue weighted by Gasteiger charge is -2.49. The minimum atomic E-state index is -0.618. The van der Waals surface area contributed by atoms with Gasteiger partial charge in [0.1, 0.15) is 5.72 Å². The Hall–Kier alpha value is -1.52. The Kier molecular flexibility index (Phi) is 4.35. The van der Waals surface area contributed by atoms with Crippen molar-refractivity contribution in [3.63, 3.8) is 0 Å². The molecule has 1 saturated carbocycles. The molecule has 1 aliphatic heterocycles. The lowest BCUT2D eigenvalue weighted by Crippen LogP contribution is -2.62. The topological polar surface area (TPSA) is 83.0 Å². The van der Waals surface area contributed by atoms with E-state index in [2.05, 4.69) is 4.79 Å². The van der Waals surface area contributed by atoms with Crippen LogP contribution < -0.4 is 0 Å². The maximum atomic E-state index is 12.5. The molecular weight excluding hydrogens is 258 g/mol. The van der Waals surface area contributed by atoms with Crippen molar-refractivity contribution >= 4 is 17.4 Å². The van der Waals surface area contributed by atoms with Gasteiger partial charge in [-0.05, 0) is 31.6 Å². The Morgan fingerprint density at radius 3 is 2.50 bits per heavy atom. The van der Waals surface area contributed by atoms with Gasteiger partial charge in [0.2, 0.25) is 5.78 Å². The van der Waals surface area contributed by atoms with E-state index < -0.39 is 23.1 Å². The van der Waals surface area contributed by atoms with Crippen LogP contribution in [0.4, 0.5) is 0 Å². The molecule has 1 heterocycles. The number of nitrogens with zero attached hydrogens (tertiary/aromatic N) is 3. The Morgan fingerprint density at radius 1 is 1.30 bits per heavy atom. The molecule has 1 unspecified atom stereocenters. The van der Waals surface area contributed by atoms with Crippen LogP contribution in [0.15, 0.2) is 0 Å². The van der Waals surface area contributed by atoms with Gasteiger partial charge in [0, 0.05) is 13.5 Å². The molecule has 2 fully saturated rings. The zero-order valence-corrected chi connectivity index (χ0v) is 12.1. The summed E-state index contributed by atoms with van der Waals surface area (Å²) in [6.45, 7) is 4.38. The van der Waals surface area contributed by atoms with Gasteiger partial charge in [-0.25, -0.2) is 0 Å². The first-order valence-electron chi connectivity index (χ1n) is 7.19. The number of ketones is 1. The fourth-order valence-corrected chi connectivity index (χ4v) is 3.08. The number of carbonyl (C=O) groups is 2. The Morgan fingerprint density at radius 2 is 1.95 bits per heavy atom. The van der Waals surface area contributed by atoms with Gasteiger partial charge in [-0.3, -0.25) is 9.59 Å². The Labute approximate surface area is 118 Å². The van der Waals surface area contributed by atoms with Crippen molar-refractivity contribution in [1.29, 1.82) is 0 Å². The van der Waals surface area contributed by atoms with Gasteiger partial charge in [0.15, 0.2) is 0 Å². The summed E-state index contributed by atoms with van der Waals surface area (Å²) in [6, 6.07) is 0. The second kappa shape index (κ2) is 5.85. The second-order valence-electron chi connectivity index (χ2n) is 5.84. The van der Waals surface area contributed by atoms with Crippen molar-refractivity contribution in [1.82, 2.24) is 4.90 Å². The largest absolute Gasteiger partial charge is 0.421 e. The number of hydrogen-bond acceptors (Lipinski definition) is 3. The van der Waals surface area contributed by atoms with Crippen LogP contribution in [0.3, 0.4) is 0 Å². The van der Waals surface area contributed by atoms with E-state index in [-0.39, 0.29) is 5.92 Å². The summed E-state index contributed by atoms with van der Waals surface area (Å²) in [6.07, 6.45) is 4.70. The summed E-state index contributed by atoms with van der Waals surface area (Å²) in [7, 11) is 0. The molecule has 1 saturated heterocycles. The van der Waals surface area contributed by atoms with E-state index in [1.807, 2.05) is 6.92 Å². The van der Waals surface area contributed by atoms with Gasteiger partial charge in [0.05, 0.1) is 6.61 Å². The summed E-state index contributed by atoms with van der Waals surface area (Å²) >= 11 is 0. The fourth-order valence-electron chi connectivity index (χ4n) is 3.08. The molecule has 2 aliphatic rings. The third-order valence-electron chi connectivity index (χ3n) is 4.14. The highest BCUT2D eigenvalue weighted by Crippen LogP contribution is 2.38. The zero-order chi connectivity index (χ0) is 14.8. The van der Waals surface area contributed by atoms with E-state index in [1.54, 1.807) is 4.90 Å². The molecule has 2 rings (SSSR count). The second-order valence-corrected chi connectivity index (χ2v) is 5.84. The molecule has 1 spiro atoms. The van der Waals surface area contributed by atoms with Crippen LogP contribution in [0.2, 0.25) is 0 Å². The number of ether oxygens (including phenoxy) is 1. The molecule has 1 atom stereocenters. The number of Topliss-reactive ketones (excluding diaryl/α,β-unsaturated/α-hetero) is 1. The SMILES string of the molecule is CC(=O)C(=[N+]=[N-])C(=O)N1CC(C)COC12CCCCC2. The highest BCUT2D eigenvalue weighted by Gasteiger charge is 2.48. The highest BCUT2D eigenvalue weighted by atomic mass is 16.5.